The second kappa shape index (κ2) is 7.74. The van der Waals surface area contributed by atoms with Gasteiger partial charge in [0.1, 0.15) is 0 Å². The summed E-state index contributed by atoms with van der Waals surface area (Å²) in [7, 11) is -3.08. The zero-order chi connectivity index (χ0) is 20.6. The molecule has 2 aliphatic rings. The minimum atomic E-state index is -3.08. The van der Waals surface area contributed by atoms with Crippen molar-refractivity contribution in [2.75, 3.05) is 18.1 Å². The van der Waals surface area contributed by atoms with Crippen molar-refractivity contribution >= 4 is 32.6 Å². The number of aryl methyl sites for hydroxylation is 2. The van der Waals surface area contributed by atoms with Gasteiger partial charge in [-0.3, -0.25) is 9.78 Å². The Hall–Kier alpha value is -2.48. The van der Waals surface area contributed by atoms with Gasteiger partial charge >= 0.3 is 5.97 Å². The van der Waals surface area contributed by atoms with E-state index >= 15 is 0 Å². The molecule has 1 aromatic heterocycles. The maximum absolute atomic E-state index is 13.0. The van der Waals surface area contributed by atoms with Gasteiger partial charge in [0.15, 0.2) is 16.4 Å². The van der Waals surface area contributed by atoms with Crippen LogP contribution in [0.25, 0.3) is 10.9 Å². The van der Waals surface area contributed by atoms with Crippen molar-refractivity contribution in [2.45, 2.75) is 45.1 Å². The Kier molecular flexibility index (Phi) is 5.29. The topological polar surface area (TPSA) is 102 Å². The monoisotopic (exact) mass is 416 g/mol. The lowest BCUT2D eigenvalue weighted by atomic mass is 9.89. The molecule has 0 unspecified atom stereocenters. The number of nitrogens with zero attached hydrogens (tertiary/aromatic N) is 1. The van der Waals surface area contributed by atoms with Crippen molar-refractivity contribution in [3.05, 3.63) is 40.6 Å². The van der Waals surface area contributed by atoms with E-state index in [9.17, 15) is 18.0 Å². The summed E-state index contributed by atoms with van der Waals surface area (Å²) in [6.07, 6.45) is 4.02. The third kappa shape index (κ3) is 4.27. The highest BCUT2D eigenvalue weighted by Gasteiger charge is 2.29. The third-order valence-corrected chi connectivity index (χ3v) is 7.32. The Morgan fingerprint density at radius 3 is 2.79 bits per heavy atom. The minimum Gasteiger partial charge on any atom is -0.452 e. The summed E-state index contributed by atoms with van der Waals surface area (Å²) in [6, 6.07) is 5.38. The lowest BCUT2D eigenvalue weighted by Gasteiger charge is -2.20. The minimum absolute atomic E-state index is 0.0610. The van der Waals surface area contributed by atoms with E-state index in [4.69, 9.17) is 9.72 Å². The zero-order valence-corrected chi connectivity index (χ0v) is 17.2. The number of hydrogen-bond acceptors (Lipinski definition) is 6. The molecule has 1 aliphatic carbocycles. The molecule has 0 radical (unpaired) electrons. The van der Waals surface area contributed by atoms with E-state index in [1.165, 1.54) is 0 Å². The number of fused-ring (bicyclic) bond motifs is 2. The number of hydrogen-bond donors (Lipinski definition) is 1. The number of benzene rings is 1. The van der Waals surface area contributed by atoms with Crippen LogP contribution in [-0.4, -0.2) is 49.4 Å². The van der Waals surface area contributed by atoms with Gasteiger partial charge in [-0.2, -0.15) is 0 Å². The second-order valence-electron chi connectivity index (χ2n) is 7.88. The Morgan fingerprint density at radius 2 is 2.03 bits per heavy atom. The van der Waals surface area contributed by atoms with E-state index in [0.29, 0.717) is 12.0 Å². The van der Waals surface area contributed by atoms with Crippen molar-refractivity contribution in [3.8, 4) is 0 Å². The number of ether oxygens (including phenoxy) is 1. The number of amides is 1. The SMILES string of the molecule is Cc1ccc2nc3c(c(C(=O)OCC(=O)N[C@@H]4CCS(=O)(=O)C4)c2c1)CCCC3. The highest BCUT2D eigenvalue weighted by Crippen LogP contribution is 2.30. The number of carbonyl (C=O) groups is 2. The molecule has 1 fully saturated rings. The number of esters is 1. The molecular formula is C21H24N2O5S. The van der Waals surface area contributed by atoms with E-state index in [-0.39, 0.29) is 11.5 Å². The summed E-state index contributed by atoms with van der Waals surface area (Å²) in [5.41, 5.74) is 4.12. The molecule has 7 nitrogen and oxygen atoms in total. The quantitative estimate of drug-likeness (QED) is 0.764. The maximum atomic E-state index is 13.0. The van der Waals surface area contributed by atoms with Crippen molar-refractivity contribution in [3.63, 3.8) is 0 Å². The molecule has 154 valence electrons. The zero-order valence-electron chi connectivity index (χ0n) is 16.4. The van der Waals surface area contributed by atoms with Gasteiger partial charge in [-0.05, 0) is 56.7 Å². The molecule has 0 saturated carbocycles. The van der Waals surface area contributed by atoms with Gasteiger partial charge in [0.2, 0.25) is 0 Å². The molecule has 8 heteroatoms. The molecule has 2 aromatic rings. The van der Waals surface area contributed by atoms with E-state index in [1.807, 2.05) is 25.1 Å². The number of aromatic nitrogens is 1. The Morgan fingerprint density at radius 1 is 1.24 bits per heavy atom. The summed E-state index contributed by atoms with van der Waals surface area (Å²) in [5.74, 6) is -1.00. The van der Waals surface area contributed by atoms with Gasteiger partial charge in [0, 0.05) is 17.1 Å². The molecule has 29 heavy (non-hydrogen) atoms. The highest BCUT2D eigenvalue weighted by molar-refractivity contribution is 7.91. The van der Waals surface area contributed by atoms with E-state index < -0.39 is 34.4 Å². The standard InChI is InChI=1S/C21H24N2O5S/c1-13-6-7-18-16(10-13)20(15-4-2-3-5-17(15)23-18)21(25)28-11-19(24)22-14-8-9-29(26,27)12-14/h6-7,10,14H,2-5,8-9,11-12H2,1H3,(H,22,24)/t14-/m1/s1. The van der Waals surface area contributed by atoms with Crippen LogP contribution < -0.4 is 5.32 Å². The lowest BCUT2D eigenvalue weighted by molar-refractivity contribution is -0.124. The summed E-state index contributed by atoms with van der Waals surface area (Å²) in [6.45, 7) is 1.52. The number of nitrogens with one attached hydrogen (secondary N) is 1. The van der Waals surface area contributed by atoms with Crippen LogP contribution in [0, 0.1) is 6.92 Å². The summed E-state index contributed by atoms with van der Waals surface area (Å²) in [4.78, 5) is 29.9. The number of pyridine rings is 1. The van der Waals surface area contributed by atoms with Crippen molar-refractivity contribution in [1.29, 1.82) is 0 Å². The van der Waals surface area contributed by atoms with Crippen LogP contribution in [0.5, 0.6) is 0 Å². The first kappa shape index (κ1) is 19.8. The first-order chi connectivity index (χ1) is 13.8. The van der Waals surface area contributed by atoms with Crippen molar-refractivity contribution < 1.29 is 22.7 Å². The molecule has 1 amide bonds. The summed E-state index contributed by atoms with van der Waals surface area (Å²) >= 11 is 0. The molecule has 1 atom stereocenters. The number of rotatable bonds is 4. The number of carbonyl (C=O) groups excluding carboxylic acids is 2. The Bertz CT molecular complexity index is 1090. The second-order valence-corrected chi connectivity index (χ2v) is 10.1. The van der Waals surface area contributed by atoms with Gasteiger partial charge in [-0.1, -0.05) is 11.6 Å². The lowest BCUT2D eigenvalue weighted by Crippen LogP contribution is -2.38. The fraction of sp³-hybridized carbons (Fsp3) is 0.476. The van der Waals surface area contributed by atoms with Crippen molar-refractivity contribution in [1.82, 2.24) is 10.3 Å². The predicted octanol–water partition coefficient (Wildman–Crippen LogP) is 1.88. The van der Waals surface area contributed by atoms with Gasteiger partial charge in [0.05, 0.1) is 22.6 Å². The molecule has 1 N–H and O–H groups in total. The van der Waals surface area contributed by atoms with Crippen LogP contribution in [0.1, 0.15) is 46.4 Å². The van der Waals surface area contributed by atoms with E-state index in [0.717, 1.165) is 53.4 Å². The molecule has 4 rings (SSSR count). The largest absolute Gasteiger partial charge is 0.452 e. The highest BCUT2D eigenvalue weighted by atomic mass is 32.2. The Balaban J connectivity index is 1.53. The van der Waals surface area contributed by atoms with Crippen LogP contribution in [0.15, 0.2) is 18.2 Å². The summed E-state index contributed by atoms with van der Waals surface area (Å²) < 4.78 is 28.4. The molecule has 0 bridgehead atoms. The molecule has 1 saturated heterocycles. The van der Waals surface area contributed by atoms with Crippen LogP contribution in [0.3, 0.4) is 0 Å². The van der Waals surface area contributed by atoms with Crippen molar-refractivity contribution in [2.24, 2.45) is 0 Å². The fourth-order valence-corrected chi connectivity index (χ4v) is 5.83. The first-order valence-electron chi connectivity index (χ1n) is 9.91. The van der Waals surface area contributed by atoms with Gasteiger partial charge < -0.3 is 10.1 Å². The first-order valence-corrected chi connectivity index (χ1v) is 11.7. The van der Waals surface area contributed by atoms with E-state index in [1.54, 1.807) is 0 Å². The molecule has 2 heterocycles. The molecule has 1 aromatic carbocycles. The smallest absolute Gasteiger partial charge is 0.339 e. The molecule has 1 aliphatic heterocycles. The maximum Gasteiger partial charge on any atom is 0.339 e. The average Bonchev–Trinajstić information content (AvgIpc) is 3.02. The van der Waals surface area contributed by atoms with Crippen LogP contribution in [-0.2, 0) is 32.2 Å². The third-order valence-electron chi connectivity index (χ3n) is 5.55. The summed E-state index contributed by atoms with van der Waals surface area (Å²) in [5, 5.41) is 3.39. The normalized spacial score (nSPS) is 20.2. The van der Waals surface area contributed by atoms with Gasteiger partial charge in [0.25, 0.3) is 5.91 Å². The molecule has 0 spiro atoms. The predicted molar refractivity (Wildman–Crippen MR) is 109 cm³/mol. The van der Waals surface area contributed by atoms with Gasteiger partial charge in [-0.15, -0.1) is 0 Å². The number of sulfone groups is 1. The Labute approximate surface area is 169 Å². The molecular weight excluding hydrogens is 392 g/mol. The average molecular weight is 416 g/mol. The van der Waals surface area contributed by atoms with Crippen LogP contribution in [0.4, 0.5) is 0 Å². The van der Waals surface area contributed by atoms with E-state index in [2.05, 4.69) is 5.32 Å². The van der Waals surface area contributed by atoms with Crippen LogP contribution in [0.2, 0.25) is 0 Å². The fourth-order valence-electron chi connectivity index (χ4n) is 4.15. The van der Waals surface area contributed by atoms with Gasteiger partial charge in [-0.25, -0.2) is 13.2 Å². The van der Waals surface area contributed by atoms with Crippen LogP contribution >= 0.6 is 0 Å².